The number of nitrogens with one attached hydrogen (secondary N) is 2. The molecular formula is C29H25N3O4S. The average molecular weight is 512 g/mol. The summed E-state index contributed by atoms with van der Waals surface area (Å²) in [6, 6.07) is 21.1. The molecule has 0 radical (unpaired) electrons. The Labute approximate surface area is 218 Å². The third kappa shape index (κ3) is 5.07. The predicted octanol–water partition coefficient (Wildman–Crippen LogP) is 5.37. The van der Waals surface area contributed by atoms with Crippen molar-refractivity contribution in [3.05, 3.63) is 112 Å². The van der Waals surface area contributed by atoms with Crippen molar-refractivity contribution in [1.29, 1.82) is 0 Å². The van der Waals surface area contributed by atoms with Crippen molar-refractivity contribution >= 4 is 34.3 Å². The van der Waals surface area contributed by atoms with E-state index in [2.05, 4.69) is 39.8 Å². The molecule has 0 spiro atoms. The molecule has 2 aliphatic rings. The molecule has 37 heavy (non-hydrogen) atoms. The lowest BCUT2D eigenvalue weighted by molar-refractivity contribution is -0.128. The van der Waals surface area contributed by atoms with Crippen LogP contribution in [0.15, 0.2) is 83.5 Å². The molecule has 0 bridgehead atoms. The summed E-state index contributed by atoms with van der Waals surface area (Å²) in [5.74, 6) is 0.381. The van der Waals surface area contributed by atoms with E-state index in [4.69, 9.17) is 9.15 Å². The first-order valence-electron chi connectivity index (χ1n) is 12.1. The zero-order valence-corrected chi connectivity index (χ0v) is 20.8. The molecule has 0 unspecified atom stereocenters. The number of nitrogens with zero attached hydrogens (tertiary/aromatic N) is 1. The van der Waals surface area contributed by atoms with E-state index in [-0.39, 0.29) is 5.91 Å². The van der Waals surface area contributed by atoms with Gasteiger partial charge < -0.3 is 19.8 Å². The molecule has 0 fully saturated rings. The largest absolute Gasteiger partial charge is 0.465 e. The van der Waals surface area contributed by atoms with Gasteiger partial charge in [0.25, 0.3) is 5.91 Å². The summed E-state index contributed by atoms with van der Waals surface area (Å²) in [6.45, 7) is 2.65. The van der Waals surface area contributed by atoms with E-state index in [1.165, 1.54) is 22.8 Å². The second kappa shape index (κ2) is 10.1. The van der Waals surface area contributed by atoms with Crippen LogP contribution in [0.1, 0.15) is 43.9 Å². The van der Waals surface area contributed by atoms with Crippen LogP contribution in [-0.4, -0.2) is 23.3 Å². The highest BCUT2D eigenvalue weighted by molar-refractivity contribution is 7.16. The maximum absolute atomic E-state index is 13.2. The molecule has 2 aromatic carbocycles. The van der Waals surface area contributed by atoms with E-state index in [1.54, 1.807) is 47.7 Å². The number of carbonyl (C=O) groups is 2. The number of furan rings is 1. The normalized spacial score (nSPS) is 17.1. The molecule has 2 aromatic heterocycles. The number of esters is 1. The Kier molecular flexibility index (Phi) is 6.34. The summed E-state index contributed by atoms with van der Waals surface area (Å²) in [7, 11) is 0. The quantitative estimate of drug-likeness (QED) is 0.206. The van der Waals surface area contributed by atoms with Gasteiger partial charge >= 0.3 is 5.97 Å². The molecule has 2 N–H and O–H groups in total. The number of hydrogen-bond donors (Lipinski definition) is 2. The Morgan fingerprint density at radius 3 is 2.84 bits per heavy atom. The van der Waals surface area contributed by atoms with Gasteiger partial charge in [0.2, 0.25) is 0 Å². The lowest BCUT2D eigenvalue weighted by Gasteiger charge is -2.28. The minimum atomic E-state index is -0.512. The number of hydrogen-bond acceptors (Lipinski definition) is 7. The van der Waals surface area contributed by atoms with Gasteiger partial charge in [0.15, 0.2) is 0 Å². The number of ether oxygens (including phenoxy) is 1. The number of fused-ring (bicyclic) bond motifs is 3. The fraction of sp³-hybridized carbons (Fsp3) is 0.172. The lowest BCUT2D eigenvalue weighted by atomic mass is 10.00. The topological polar surface area (TPSA) is 83.8 Å². The minimum Gasteiger partial charge on any atom is -0.465 e. The first-order chi connectivity index (χ1) is 18.1. The van der Waals surface area contributed by atoms with Crippen LogP contribution in [0.2, 0.25) is 0 Å². The molecule has 2 aliphatic heterocycles. The van der Waals surface area contributed by atoms with E-state index in [0.29, 0.717) is 11.5 Å². The van der Waals surface area contributed by atoms with E-state index >= 15 is 0 Å². The number of anilines is 1. The summed E-state index contributed by atoms with van der Waals surface area (Å²) in [5.41, 5.74) is 4.01. The average Bonchev–Trinajstić information content (AvgIpc) is 3.56. The highest BCUT2D eigenvalue weighted by Gasteiger charge is 2.33. The standard InChI is InChI=1S/C29H25N3O4S/c33-25(12-11-21-10-5-15-35-21)36-22-9-4-8-20(16-22)27-30-28(34)26-23-13-14-32(17-19-6-2-1-3-7-19)18-24(23)37-29(26)31-27/h1-12,15-16,27,31H,13-14,17-18H2,(H,30,34)/b12-11+/t27-/m1/s1. The zero-order chi connectivity index (χ0) is 25.2. The van der Waals surface area contributed by atoms with Gasteiger partial charge in [-0.3, -0.25) is 9.69 Å². The summed E-state index contributed by atoms with van der Waals surface area (Å²) in [5, 5.41) is 7.46. The summed E-state index contributed by atoms with van der Waals surface area (Å²) in [6.07, 6.45) is 4.84. The fourth-order valence-electron chi connectivity index (χ4n) is 4.76. The Morgan fingerprint density at radius 1 is 1.11 bits per heavy atom. The predicted molar refractivity (Wildman–Crippen MR) is 142 cm³/mol. The molecule has 1 atom stereocenters. The number of amides is 1. The fourth-order valence-corrected chi connectivity index (χ4v) is 6.07. The van der Waals surface area contributed by atoms with Crippen LogP contribution < -0.4 is 15.4 Å². The molecular weight excluding hydrogens is 486 g/mol. The van der Waals surface area contributed by atoms with Gasteiger partial charge in [-0.1, -0.05) is 42.5 Å². The first-order valence-corrected chi connectivity index (χ1v) is 13.0. The van der Waals surface area contributed by atoms with Gasteiger partial charge in [0.05, 0.1) is 11.8 Å². The van der Waals surface area contributed by atoms with Crippen molar-refractivity contribution in [1.82, 2.24) is 10.2 Å². The summed E-state index contributed by atoms with van der Waals surface area (Å²) < 4.78 is 10.6. The Morgan fingerprint density at radius 2 is 2.00 bits per heavy atom. The lowest BCUT2D eigenvalue weighted by Crippen LogP contribution is -2.38. The molecule has 4 heterocycles. The van der Waals surface area contributed by atoms with E-state index in [1.807, 2.05) is 12.1 Å². The minimum absolute atomic E-state index is 0.0726. The van der Waals surface area contributed by atoms with E-state index in [0.717, 1.165) is 47.7 Å². The van der Waals surface area contributed by atoms with Crippen LogP contribution in [0.3, 0.4) is 0 Å². The second-order valence-corrected chi connectivity index (χ2v) is 10.2. The number of benzene rings is 2. The van der Waals surface area contributed by atoms with Gasteiger partial charge in [0, 0.05) is 30.6 Å². The highest BCUT2D eigenvalue weighted by Crippen LogP contribution is 2.41. The van der Waals surface area contributed by atoms with Crippen molar-refractivity contribution in [3.63, 3.8) is 0 Å². The van der Waals surface area contributed by atoms with Crippen LogP contribution in [0.5, 0.6) is 5.75 Å². The number of rotatable bonds is 6. The number of carbonyl (C=O) groups excluding carboxylic acids is 2. The monoisotopic (exact) mass is 511 g/mol. The van der Waals surface area contributed by atoms with Crippen molar-refractivity contribution in [2.75, 3.05) is 11.9 Å². The maximum Gasteiger partial charge on any atom is 0.336 e. The summed E-state index contributed by atoms with van der Waals surface area (Å²) in [4.78, 5) is 29.1. The second-order valence-electron chi connectivity index (χ2n) is 9.05. The Balaban J connectivity index is 1.15. The van der Waals surface area contributed by atoms with Crippen molar-refractivity contribution in [2.45, 2.75) is 25.7 Å². The van der Waals surface area contributed by atoms with E-state index in [9.17, 15) is 9.59 Å². The van der Waals surface area contributed by atoms with Crippen molar-refractivity contribution in [3.8, 4) is 5.75 Å². The van der Waals surface area contributed by atoms with Crippen LogP contribution in [0.4, 0.5) is 5.00 Å². The smallest absolute Gasteiger partial charge is 0.336 e. The summed E-state index contributed by atoms with van der Waals surface area (Å²) >= 11 is 1.66. The van der Waals surface area contributed by atoms with E-state index < -0.39 is 12.1 Å². The SMILES string of the molecule is O=C(/C=C/c1ccco1)Oc1cccc([C@@H]2NC(=O)c3c(sc4c3CCN(Cc3ccccc3)C4)N2)c1. The van der Waals surface area contributed by atoms with Crippen LogP contribution in [0, 0.1) is 0 Å². The van der Waals surface area contributed by atoms with Gasteiger partial charge in [-0.05, 0) is 53.5 Å². The molecule has 0 saturated carbocycles. The molecule has 7 nitrogen and oxygen atoms in total. The van der Waals surface area contributed by atoms with Crippen LogP contribution >= 0.6 is 11.3 Å². The third-order valence-corrected chi connectivity index (χ3v) is 7.65. The van der Waals surface area contributed by atoms with Gasteiger partial charge in [-0.15, -0.1) is 11.3 Å². The highest BCUT2D eigenvalue weighted by atomic mass is 32.1. The van der Waals surface area contributed by atoms with Crippen LogP contribution in [-0.2, 0) is 24.3 Å². The molecule has 8 heteroatoms. The molecule has 6 rings (SSSR count). The molecule has 186 valence electrons. The molecule has 0 saturated heterocycles. The van der Waals surface area contributed by atoms with Crippen LogP contribution in [0.25, 0.3) is 6.08 Å². The Bertz CT molecular complexity index is 1460. The van der Waals surface area contributed by atoms with Gasteiger partial charge in [0.1, 0.15) is 22.7 Å². The Hall–Kier alpha value is -4.14. The van der Waals surface area contributed by atoms with Crippen molar-refractivity contribution < 1.29 is 18.7 Å². The zero-order valence-electron chi connectivity index (χ0n) is 20.0. The molecule has 0 aliphatic carbocycles. The molecule has 4 aromatic rings. The third-order valence-electron chi connectivity index (χ3n) is 6.50. The first kappa shape index (κ1) is 23.3. The maximum atomic E-state index is 13.2. The molecule has 1 amide bonds. The van der Waals surface area contributed by atoms with Crippen molar-refractivity contribution in [2.24, 2.45) is 0 Å². The number of thiophene rings is 1. The van der Waals surface area contributed by atoms with Gasteiger partial charge in [-0.2, -0.15) is 0 Å². The van der Waals surface area contributed by atoms with Gasteiger partial charge in [-0.25, -0.2) is 4.79 Å².